The molecule has 2 heterocycles. The van der Waals surface area contributed by atoms with Crippen LogP contribution in [-0.2, 0) is 19.5 Å². The van der Waals surface area contributed by atoms with Crippen molar-refractivity contribution in [2.45, 2.75) is 26.4 Å². The molecule has 0 aliphatic carbocycles. The van der Waals surface area contributed by atoms with E-state index in [9.17, 15) is 0 Å². The zero-order valence-electron chi connectivity index (χ0n) is 9.52. The highest BCUT2D eigenvalue weighted by molar-refractivity contribution is 5.00. The Morgan fingerprint density at radius 1 is 1.50 bits per heavy atom. The average Bonchev–Trinajstić information content (AvgIpc) is 2.95. The molecule has 0 spiro atoms. The largest absolute Gasteiger partial charge is 0.469 e. The molecule has 0 radical (unpaired) electrons. The Labute approximate surface area is 95.3 Å². The van der Waals surface area contributed by atoms with Gasteiger partial charge in [-0.15, -0.1) is 0 Å². The lowest BCUT2D eigenvalue weighted by atomic mass is 10.3. The van der Waals surface area contributed by atoms with Gasteiger partial charge in [0.1, 0.15) is 5.76 Å². The van der Waals surface area contributed by atoms with E-state index in [0.29, 0.717) is 0 Å². The SMILES string of the molecule is CCn1cncc1CNCCc1ccco1. The van der Waals surface area contributed by atoms with E-state index < -0.39 is 0 Å². The lowest BCUT2D eigenvalue weighted by molar-refractivity contribution is 0.497. The summed E-state index contributed by atoms with van der Waals surface area (Å²) in [6.45, 7) is 4.86. The summed E-state index contributed by atoms with van der Waals surface area (Å²) < 4.78 is 7.40. The van der Waals surface area contributed by atoms with Gasteiger partial charge in [0.2, 0.25) is 0 Å². The smallest absolute Gasteiger partial charge is 0.105 e. The van der Waals surface area contributed by atoms with E-state index in [1.807, 2.05) is 24.7 Å². The fourth-order valence-corrected chi connectivity index (χ4v) is 1.66. The van der Waals surface area contributed by atoms with Crippen molar-refractivity contribution >= 4 is 0 Å². The molecule has 0 atom stereocenters. The number of furan rings is 1. The molecule has 0 bridgehead atoms. The molecule has 0 fully saturated rings. The molecule has 2 rings (SSSR count). The van der Waals surface area contributed by atoms with Crippen LogP contribution in [0.3, 0.4) is 0 Å². The second-order valence-electron chi connectivity index (χ2n) is 3.68. The lowest BCUT2D eigenvalue weighted by Crippen LogP contribution is -2.18. The summed E-state index contributed by atoms with van der Waals surface area (Å²) >= 11 is 0. The van der Waals surface area contributed by atoms with Crippen LogP contribution in [0.5, 0.6) is 0 Å². The highest BCUT2D eigenvalue weighted by Gasteiger charge is 2.00. The number of aromatic nitrogens is 2. The van der Waals surface area contributed by atoms with Gasteiger partial charge in [-0.3, -0.25) is 0 Å². The van der Waals surface area contributed by atoms with E-state index in [4.69, 9.17) is 4.42 Å². The van der Waals surface area contributed by atoms with Gasteiger partial charge in [-0.05, 0) is 19.1 Å². The topological polar surface area (TPSA) is 43.0 Å². The zero-order chi connectivity index (χ0) is 11.2. The first-order chi connectivity index (χ1) is 7.90. The second kappa shape index (κ2) is 5.51. The maximum Gasteiger partial charge on any atom is 0.105 e. The molecule has 1 N–H and O–H groups in total. The summed E-state index contributed by atoms with van der Waals surface area (Å²) in [7, 11) is 0. The molecule has 0 saturated heterocycles. The zero-order valence-corrected chi connectivity index (χ0v) is 9.52. The predicted octanol–water partition coefficient (Wildman–Crippen LogP) is 1.83. The van der Waals surface area contributed by atoms with Crippen molar-refractivity contribution in [3.8, 4) is 0 Å². The van der Waals surface area contributed by atoms with Crippen molar-refractivity contribution in [3.63, 3.8) is 0 Å². The molecule has 0 aromatic carbocycles. The number of aryl methyl sites for hydroxylation is 1. The Hall–Kier alpha value is -1.55. The van der Waals surface area contributed by atoms with Gasteiger partial charge in [0.15, 0.2) is 0 Å². The first-order valence-corrected chi connectivity index (χ1v) is 5.62. The number of hydrogen-bond acceptors (Lipinski definition) is 3. The number of hydrogen-bond donors (Lipinski definition) is 1. The Morgan fingerprint density at radius 3 is 3.19 bits per heavy atom. The van der Waals surface area contributed by atoms with Crippen LogP contribution in [0.25, 0.3) is 0 Å². The van der Waals surface area contributed by atoms with Crippen molar-refractivity contribution in [2.24, 2.45) is 0 Å². The predicted molar refractivity (Wildman–Crippen MR) is 62.0 cm³/mol. The van der Waals surface area contributed by atoms with E-state index in [1.165, 1.54) is 5.69 Å². The number of imidazole rings is 1. The van der Waals surface area contributed by atoms with E-state index >= 15 is 0 Å². The Morgan fingerprint density at radius 2 is 2.44 bits per heavy atom. The summed E-state index contributed by atoms with van der Waals surface area (Å²) in [6, 6.07) is 3.92. The molecule has 0 saturated carbocycles. The van der Waals surface area contributed by atoms with Gasteiger partial charge in [0, 0.05) is 32.3 Å². The van der Waals surface area contributed by atoms with Gasteiger partial charge >= 0.3 is 0 Å². The van der Waals surface area contributed by atoms with Crippen molar-refractivity contribution in [3.05, 3.63) is 42.4 Å². The number of nitrogens with one attached hydrogen (secondary N) is 1. The van der Waals surface area contributed by atoms with Crippen molar-refractivity contribution < 1.29 is 4.42 Å². The molecular weight excluding hydrogens is 202 g/mol. The Balaban J connectivity index is 1.72. The highest BCUT2D eigenvalue weighted by Crippen LogP contribution is 2.01. The van der Waals surface area contributed by atoms with Crippen LogP contribution in [0, 0.1) is 0 Å². The fraction of sp³-hybridized carbons (Fsp3) is 0.417. The molecule has 16 heavy (non-hydrogen) atoms. The van der Waals surface area contributed by atoms with Crippen LogP contribution < -0.4 is 5.32 Å². The van der Waals surface area contributed by atoms with Gasteiger partial charge in [-0.2, -0.15) is 0 Å². The normalized spacial score (nSPS) is 10.8. The van der Waals surface area contributed by atoms with E-state index in [-0.39, 0.29) is 0 Å². The molecule has 0 aliphatic rings. The van der Waals surface area contributed by atoms with E-state index in [0.717, 1.165) is 31.8 Å². The van der Waals surface area contributed by atoms with Crippen molar-refractivity contribution in [2.75, 3.05) is 6.54 Å². The van der Waals surface area contributed by atoms with Gasteiger partial charge < -0.3 is 14.3 Å². The van der Waals surface area contributed by atoms with E-state index in [2.05, 4.69) is 21.8 Å². The van der Waals surface area contributed by atoms with Gasteiger partial charge in [-0.25, -0.2) is 4.98 Å². The van der Waals surface area contributed by atoms with Crippen molar-refractivity contribution in [1.29, 1.82) is 0 Å². The molecular formula is C12H17N3O. The lowest BCUT2D eigenvalue weighted by Gasteiger charge is -2.06. The van der Waals surface area contributed by atoms with E-state index in [1.54, 1.807) is 6.26 Å². The average molecular weight is 219 g/mol. The molecule has 2 aromatic rings. The third-order valence-corrected chi connectivity index (χ3v) is 2.57. The summed E-state index contributed by atoms with van der Waals surface area (Å²) in [6.07, 6.45) is 6.40. The number of rotatable bonds is 6. The maximum absolute atomic E-state index is 5.26. The summed E-state index contributed by atoms with van der Waals surface area (Å²) in [5.74, 6) is 1.02. The summed E-state index contributed by atoms with van der Waals surface area (Å²) in [5.41, 5.74) is 1.22. The van der Waals surface area contributed by atoms with Crippen LogP contribution in [-0.4, -0.2) is 16.1 Å². The standard InChI is InChI=1S/C12H17N3O/c1-2-15-10-14-9-11(15)8-13-6-5-12-4-3-7-16-12/h3-4,7,9-10,13H,2,5-6,8H2,1H3. The second-order valence-corrected chi connectivity index (χ2v) is 3.68. The third kappa shape index (κ3) is 2.73. The minimum atomic E-state index is 0.856. The van der Waals surface area contributed by atoms with Crippen LogP contribution in [0.1, 0.15) is 18.4 Å². The van der Waals surface area contributed by atoms with Crippen molar-refractivity contribution in [1.82, 2.24) is 14.9 Å². The third-order valence-electron chi connectivity index (χ3n) is 2.57. The monoisotopic (exact) mass is 219 g/mol. The molecule has 0 aliphatic heterocycles. The number of nitrogens with zero attached hydrogens (tertiary/aromatic N) is 2. The van der Waals surface area contributed by atoms with Gasteiger partial charge in [-0.1, -0.05) is 0 Å². The molecule has 0 amide bonds. The maximum atomic E-state index is 5.26. The summed E-state index contributed by atoms with van der Waals surface area (Å²) in [4.78, 5) is 4.13. The molecule has 2 aromatic heterocycles. The Bertz CT molecular complexity index is 406. The molecule has 4 nitrogen and oxygen atoms in total. The molecule has 4 heteroatoms. The first kappa shape index (κ1) is 11.0. The van der Waals surface area contributed by atoms with Gasteiger partial charge in [0.25, 0.3) is 0 Å². The fourth-order valence-electron chi connectivity index (χ4n) is 1.66. The highest BCUT2D eigenvalue weighted by atomic mass is 16.3. The van der Waals surface area contributed by atoms with Crippen LogP contribution in [0.4, 0.5) is 0 Å². The first-order valence-electron chi connectivity index (χ1n) is 5.62. The summed E-state index contributed by atoms with van der Waals surface area (Å²) in [5, 5.41) is 3.38. The van der Waals surface area contributed by atoms with Gasteiger partial charge in [0.05, 0.1) is 18.3 Å². The van der Waals surface area contributed by atoms with Crippen LogP contribution >= 0.6 is 0 Å². The molecule has 0 unspecified atom stereocenters. The Kier molecular flexibility index (Phi) is 3.77. The minimum Gasteiger partial charge on any atom is -0.469 e. The quantitative estimate of drug-likeness (QED) is 0.754. The van der Waals surface area contributed by atoms with Crippen LogP contribution in [0.15, 0.2) is 35.3 Å². The van der Waals surface area contributed by atoms with Crippen LogP contribution in [0.2, 0.25) is 0 Å². The minimum absolute atomic E-state index is 0.856. The molecule has 86 valence electrons.